The number of carboxylic acids is 3. The lowest BCUT2D eigenvalue weighted by Crippen LogP contribution is -2.09. The highest BCUT2D eigenvalue weighted by Crippen LogP contribution is 2.07. The van der Waals surface area contributed by atoms with Crippen molar-refractivity contribution in [1.82, 2.24) is 0 Å². The Balaban J connectivity index is 0.000000441. The molecule has 0 aliphatic carbocycles. The van der Waals surface area contributed by atoms with E-state index in [-0.39, 0.29) is 37.2 Å². The van der Waals surface area contributed by atoms with Crippen LogP contribution in [-0.4, -0.2) is 57.5 Å². The largest absolute Gasteiger partial charge is 0.481 e. The van der Waals surface area contributed by atoms with Gasteiger partial charge in [0, 0.05) is 13.0 Å². The number of hydrogen-bond acceptors (Lipinski definition) is 6. The Morgan fingerprint density at radius 2 is 1.38 bits per heavy atom. The Labute approximate surface area is 137 Å². The molecule has 24 heavy (non-hydrogen) atoms. The van der Waals surface area contributed by atoms with Gasteiger partial charge in [0.2, 0.25) is 0 Å². The Kier molecular flexibility index (Phi) is 10.2. The first kappa shape index (κ1) is 21.1. The minimum atomic E-state index is -1.23. The molecule has 9 nitrogen and oxygen atoms in total. The van der Waals surface area contributed by atoms with E-state index in [0.29, 0.717) is 6.42 Å². The molecule has 0 unspecified atom stereocenters. The van der Waals surface area contributed by atoms with E-state index in [1.807, 2.05) is 0 Å². The van der Waals surface area contributed by atoms with Crippen LogP contribution < -0.4 is 0 Å². The van der Waals surface area contributed by atoms with Crippen molar-refractivity contribution in [1.29, 1.82) is 0 Å². The van der Waals surface area contributed by atoms with E-state index in [1.165, 1.54) is 24.3 Å². The first-order valence-electron chi connectivity index (χ1n) is 6.83. The summed E-state index contributed by atoms with van der Waals surface area (Å²) in [6.45, 7) is 0.112. The molecule has 0 saturated heterocycles. The fourth-order valence-corrected chi connectivity index (χ4v) is 1.39. The van der Waals surface area contributed by atoms with Gasteiger partial charge in [-0.2, -0.15) is 0 Å². The molecule has 0 aliphatic heterocycles. The van der Waals surface area contributed by atoms with Gasteiger partial charge in [-0.15, -0.1) is 0 Å². The molecule has 0 heterocycles. The van der Waals surface area contributed by atoms with E-state index >= 15 is 0 Å². The van der Waals surface area contributed by atoms with Crippen LogP contribution in [0, 0.1) is 0 Å². The number of aliphatic carboxylic acids is 1. The second-order valence-electron chi connectivity index (χ2n) is 4.35. The number of esters is 1. The standard InChI is InChI=1S/C8H6O4.C7H12O5/c9-7(10)5-3-1-2-4-6(5)8(11)12;8-4-1-5-12-7(11)3-2-6(9)10/h1-4H,(H,9,10)(H,11,12);8H,1-5H2,(H,9,10). The van der Waals surface area contributed by atoms with Crippen molar-refractivity contribution in [2.75, 3.05) is 13.2 Å². The molecule has 0 radical (unpaired) electrons. The van der Waals surface area contributed by atoms with Crippen LogP contribution in [0.2, 0.25) is 0 Å². The lowest BCUT2D eigenvalue weighted by atomic mass is 10.1. The average molecular weight is 342 g/mol. The first-order valence-corrected chi connectivity index (χ1v) is 6.83. The lowest BCUT2D eigenvalue weighted by Gasteiger charge is -2.00. The van der Waals surface area contributed by atoms with Crippen LogP contribution in [0.25, 0.3) is 0 Å². The van der Waals surface area contributed by atoms with Crippen molar-refractivity contribution in [2.45, 2.75) is 19.3 Å². The molecule has 0 saturated carbocycles. The van der Waals surface area contributed by atoms with Crippen LogP contribution in [0.3, 0.4) is 0 Å². The highest BCUT2D eigenvalue weighted by atomic mass is 16.5. The van der Waals surface area contributed by atoms with Gasteiger partial charge in [-0.3, -0.25) is 9.59 Å². The van der Waals surface area contributed by atoms with E-state index in [4.69, 9.17) is 20.4 Å². The van der Waals surface area contributed by atoms with E-state index in [9.17, 15) is 19.2 Å². The molecule has 4 N–H and O–H groups in total. The van der Waals surface area contributed by atoms with Gasteiger partial charge in [0.05, 0.1) is 30.6 Å². The van der Waals surface area contributed by atoms with Crippen LogP contribution in [0.15, 0.2) is 24.3 Å². The summed E-state index contributed by atoms with van der Waals surface area (Å²) in [5, 5.41) is 33.6. The van der Waals surface area contributed by atoms with Gasteiger partial charge >= 0.3 is 23.9 Å². The van der Waals surface area contributed by atoms with E-state index < -0.39 is 23.9 Å². The normalized spacial score (nSPS) is 9.38. The van der Waals surface area contributed by atoms with Gasteiger partial charge < -0.3 is 25.2 Å². The topological polar surface area (TPSA) is 158 Å². The Morgan fingerprint density at radius 3 is 1.75 bits per heavy atom. The third-order valence-corrected chi connectivity index (χ3v) is 2.50. The van der Waals surface area contributed by atoms with Gasteiger partial charge in [-0.05, 0) is 12.1 Å². The van der Waals surface area contributed by atoms with E-state index in [2.05, 4.69) is 4.74 Å². The number of aliphatic hydroxyl groups excluding tert-OH is 1. The van der Waals surface area contributed by atoms with Crippen LogP contribution in [0.5, 0.6) is 0 Å². The highest BCUT2D eigenvalue weighted by molar-refractivity contribution is 6.01. The maximum Gasteiger partial charge on any atom is 0.336 e. The Hall–Kier alpha value is -2.94. The van der Waals surface area contributed by atoms with Crippen LogP contribution >= 0.6 is 0 Å². The number of rotatable bonds is 8. The van der Waals surface area contributed by atoms with Crippen molar-refractivity contribution in [3.8, 4) is 0 Å². The van der Waals surface area contributed by atoms with E-state index in [1.54, 1.807) is 0 Å². The molecule has 9 heteroatoms. The van der Waals surface area contributed by atoms with Crippen LogP contribution in [-0.2, 0) is 14.3 Å². The lowest BCUT2D eigenvalue weighted by molar-refractivity contribution is -0.147. The zero-order valence-corrected chi connectivity index (χ0v) is 12.7. The second kappa shape index (κ2) is 11.6. The second-order valence-corrected chi connectivity index (χ2v) is 4.35. The third-order valence-electron chi connectivity index (χ3n) is 2.50. The maximum atomic E-state index is 10.7. The third kappa shape index (κ3) is 9.15. The summed E-state index contributed by atoms with van der Waals surface area (Å²) >= 11 is 0. The number of benzene rings is 1. The average Bonchev–Trinajstić information content (AvgIpc) is 2.53. The monoisotopic (exact) mass is 342 g/mol. The number of carbonyl (C=O) groups is 4. The van der Waals surface area contributed by atoms with Gasteiger partial charge in [0.1, 0.15) is 0 Å². The zero-order valence-electron chi connectivity index (χ0n) is 12.7. The molecule has 1 rings (SSSR count). The highest BCUT2D eigenvalue weighted by Gasteiger charge is 2.13. The number of hydrogen-bond donors (Lipinski definition) is 4. The summed E-state index contributed by atoms with van der Waals surface area (Å²) in [6.07, 6.45) is 0.0670. The SMILES string of the molecule is O=C(O)CCC(=O)OCCCO.O=C(O)c1ccccc1C(=O)O. The molecule has 1 aromatic rings. The van der Waals surface area contributed by atoms with Gasteiger partial charge in [0.25, 0.3) is 0 Å². The number of carboxylic acid groups (broad SMARTS) is 3. The molecular formula is C15H18O9. The molecule has 0 bridgehead atoms. The Morgan fingerprint density at radius 1 is 0.875 bits per heavy atom. The molecular weight excluding hydrogens is 324 g/mol. The van der Waals surface area contributed by atoms with Crippen molar-refractivity contribution in [3.63, 3.8) is 0 Å². The van der Waals surface area contributed by atoms with Crippen molar-refractivity contribution < 1.29 is 44.3 Å². The quantitative estimate of drug-likeness (QED) is 0.397. The molecule has 0 spiro atoms. The summed E-state index contributed by atoms with van der Waals surface area (Å²) in [7, 11) is 0. The van der Waals surface area contributed by atoms with Gasteiger partial charge in [0.15, 0.2) is 0 Å². The van der Waals surface area contributed by atoms with Crippen LogP contribution in [0.4, 0.5) is 0 Å². The summed E-state index contributed by atoms with van der Waals surface area (Å²) in [6, 6.07) is 5.48. The van der Waals surface area contributed by atoms with Gasteiger partial charge in [-0.1, -0.05) is 12.1 Å². The predicted octanol–water partition coefficient (Wildman–Crippen LogP) is 0.860. The van der Waals surface area contributed by atoms with E-state index in [0.717, 1.165) is 0 Å². The zero-order chi connectivity index (χ0) is 18.5. The molecule has 1 aromatic carbocycles. The van der Waals surface area contributed by atoms with Crippen molar-refractivity contribution >= 4 is 23.9 Å². The van der Waals surface area contributed by atoms with Crippen LogP contribution in [0.1, 0.15) is 40.0 Å². The predicted molar refractivity (Wildman–Crippen MR) is 79.9 cm³/mol. The molecule has 0 atom stereocenters. The van der Waals surface area contributed by atoms with Crippen molar-refractivity contribution in [3.05, 3.63) is 35.4 Å². The fourth-order valence-electron chi connectivity index (χ4n) is 1.39. The number of aromatic carboxylic acids is 2. The summed E-state index contributed by atoms with van der Waals surface area (Å²) in [5.41, 5.74) is -0.380. The maximum absolute atomic E-state index is 10.7. The first-order chi connectivity index (χ1) is 11.3. The number of carbonyl (C=O) groups excluding carboxylic acids is 1. The summed E-state index contributed by atoms with van der Waals surface area (Å²) in [4.78, 5) is 41.6. The number of ether oxygens (including phenoxy) is 1. The Bertz CT molecular complexity index is 547. The minimum Gasteiger partial charge on any atom is -0.481 e. The van der Waals surface area contributed by atoms with Gasteiger partial charge in [-0.25, -0.2) is 9.59 Å². The molecule has 0 amide bonds. The fraction of sp³-hybridized carbons (Fsp3) is 0.333. The summed E-state index contributed by atoms with van der Waals surface area (Å²) < 4.78 is 4.57. The van der Waals surface area contributed by atoms with Crippen molar-refractivity contribution in [2.24, 2.45) is 0 Å². The molecule has 0 aliphatic rings. The number of aliphatic hydroxyl groups is 1. The molecule has 0 fully saturated rings. The minimum absolute atomic E-state index is 0.0355. The smallest absolute Gasteiger partial charge is 0.336 e. The molecule has 0 aromatic heterocycles. The summed E-state index contributed by atoms with van der Waals surface area (Å²) in [5.74, 6) is -4.01. The molecule has 132 valence electrons.